The fourth-order valence-electron chi connectivity index (χ4n) is 1.66. The third kappa shape index (κ3) is 5.14. The number of amides is 2. The zero-order valence-electron chi connectivity index (χ0n) is 11.6. The van der Waals surface area contributed by atoms with E-state index in [0.29, 0.717) is 5.69 Å². The highest BCUT2D eigenvalue weighted by Gasteiger charge is 2.10. The van der Waals surface area contributed by atoms with Crippen LogP contribution in [0, 0.1) is 0 Å². The Labute approximate surface area is 136 Å². The Morgan fingerprint density at radius 2 is 1.68 bits per heavy atom. The number of halogens is 1. The van der Waals surface area contributed by atoms with Gasteiger partial charge in [-0.25, -0.2) is 5.43 Å². The lowest BCUT2D eigenvalue weighted by atomic mass is 10.2. The van der Waals surface area contributed by atoms with E-state index < -0.39 is 11.8 Å². The topological polar surface area (TPSA) is 70.6 Å². The minimum absolute atomic E-state index is 0.298. The van der Waals surface area contributed by atoms with Gasteiger partial charge in [0.25, 0.3) is 0 Å². The van der Waals surface area contributed by atoms with Crippen LogP contribution in [0.1, 0.15) is 12.0 Å². The third-order valence-corrected chi connectivity index (χ3v) is 3.36. The summed E-state index contributed by atoms with van der Waals surface area (Å²) in [5, 5.41) is 6.46. The van der Waals surface area contributed by atoms with Crippen LogP contribution in [0.3, 0.4) is 0 Å². The first kappa shape index (κ1) is 15.9. The highest BCUT2D eigenvalue weighted by Crippen LogP contribution is 2.21. The summed E-state index contributed by atoms with van der Waals surface area (Å²) in [6, 6.07) is 16.5. The smallest absolute Gasteiger partial charge is 0.249 e. The molecule has 2 amide bonds. The third-order valence-electron chi connectivity index (χ3n) is 2.67. The molecule has 6 heteroatoms. The molecule has 22 heavy (non-hydrogen) atoms. The monoisotopic (exact) mass is 359 g/mol. The van der Waals surface area contributed by atoms with E-state index in [2.05, 4.69) is 31.8 Å². The van der Waals surface area contributed by atoms with Crippen LogP contribution in [0.4, 0.5) is 5.69 Å². The minimum atomic E-state index is -0.475. The molecule has 0 aromatic heterocycles. The van der Waals surface area contributed by atoms with Crippen LogP contribution in [0.15, 0.2) is 64.2 Å². The number of carbonyl (C=O) groups excluding carboxylic acids is 2. The average Bonchev–Trinajstić information content (AvgIpc) is 2.50. The van der Waals surface area contributed by atoms with Crippen LogP contribution >= 0.6 is 15.9 Å². The molecule has 2 aromatic rings. The lowest BCUT2D eigenvalue weighted by molar-refractivity contribution is -0.126. The van der Waals surface area contributed by atoms with Crippen molar-refractivity contribution in [1.29, 1.82) is 0 Å². The molecule has 2 aromatic carbocycles. The Morgan fingerprint density at radius 3 is 2.41 bits per heavy atom. The van der Waals surface area contributed by atoms with Crippen molar-refractivity contribution in [3.05, 3.63) is 64.6 Å². The van der Waals surface area contributed by atoms with Crippen molar-refractivity contribution >= 4 is 39.6 Å². The highest BCUT2D eigenvalue weighted by molar-refractivity contribution is 9.10. The van der Waals surface area contributed by atoms with Crippen molar-refractivity contribution in [1.82, 2.24) is 5.43 Å². The Balaban J connectivity index is 1.81. The number of nitrogens with zero attached hydrogens (tertiary/aromatic N) is 1. The van der Waals surface area contributed by atoms with Gasteiger partial charge in [-0.2, -0.15) is 5.10 Å². The molecule has 0 heterocycles. The van der Waals surface area contributed by atoms with E-state index in [4.69, 9.17) is 0 Å². The maximum Gasteiger partial charge on any atom is 0.249 e. The predicted octanol–water partition coefficient (Wildman–Crippen LogP) is 2.93. The first-order valence-corrected chi connectivity index (χ1v) is 7.36. The number of carbonyl (C=O) groups is 2. The second-order valence-corrected chi connectivity index (χ2v) is 5.26. The van der Waals surface area contributed by atoms with Gasteiger partial charge in [-0.3, -0.25) is 9.59 Å². The molecule has 0 bridgehead atoms. The molecule has 0 spiro atoms. The highest BCUT2D eigenvalue weighted by atomic mass is 79.9. The molecule has 0 saturated heterocycles. The van der Waals surface area contributed by atoms with Gasteiger partial charge in [0, 0.05) is 4.47 Å². The van der Waals surface area contributed by atoms with Crippen LogP contribution in [-0.2, 0) is 9.59 Å². The fourth-order valence-corrected chi connectivity index (χ4v) is 2.04. The average molecular weight is 360 g/mol. The summed E-state index contributed by atoms with van der Waals surface area (Å²) in [5.74, 6) is -0.879. The number of nitrogens with one attached hydrogen (secondary N) is 2. The quantitative estimate of drug-likeness (QED) is 0.489. The number of anilines is 1. The summed E-state index contributed by atoms with van der Waals surface area (Å²) >= 11 is 3.32. The molecule has 0 saturated carbocycles. The maximum atomic E-state index is 11.8. The van der Waals surface area contributed by atoms with E-state index >= 15 is 0 Å². The lowest BCUT2D eigenvalue weighted by Gasteiger charge is -2.06. The van der Waals surface area contributed by atoms with Crippen LogP contribution in [0.5, 0.6) is 0 Å². The Kier molecular flexibility index (Phi) is 5.85. The molecule has 0 unspecified atom stereocenters. The van der Waals surface area contributed by atoms with Gasteiger partial charge >= 0.3 is 0 Å². The normalized spacial score (nSPS) is 10.4. The van der Waals surface area contributed by atoms with Crippen molar-refractivity contribution in [2.75, 3.05) is 5.32 Å². The summed E-state index contributed by atoms with van der Waals surface area (Å²) in [7, 11) is 0. The molecular formula is C16H14BrN3O2. The van der Waals surface area contributed by atoms with Gasteiger partial charge in [0.15, 0.2) is 0 Å². The number of hydrogen-bond acceptors (Lipinski definition) is 3. The summed E-state index contributed by atoms with van der Waals surface area (Å²) in [6.45, 7) is 0. The second-order valence-electron chi connectivity index (χ2n) is 4.41. The summed E-state index contributed by atoms with van der Waals surface area (Å²) in [5.41, 5.74) is 3.80. The lowest BCUT2D eigenvalue weighted by Crippen LogP contribution is -2.24. The molecule has 0 fully saturated rings. The van der Waals surface area contributed by atoms with E-state index in [1.807, 2.05) is 36.4 Å². The number of rotatable bonds is 5. The second kappa shape index (κ2) is 8.09. The molecule has 0 atom stereocenters. The van der Waals surface area contributed by atoms with Crippen LogP contribution in [-0.4, -0.2) is 18.0 Å². The molecule has 112 valence electrons. The molecule has 0 aliphatic rings. The SMILES string of the molecule is O=C(CC(=O)Nc1ccccc1Br)N/N=C/c1ccccc1. The molecule has 2 rings (SSSR count). The van der Waals surface area contributed by atoms with Gasteiger partial charge in [-0.1, -0.05) is 42.5 Å². The van der Waals surface area contributed by atoms with Gasteiger partial charge in [-0.05, 0) is 33.6 Å². The molecule has 0 aliphatic carbocycles. The zero-order chi connectivity index (χ0) is 15.8. The van der Waals surface area contributed by atoms with Gasteiger partial charge in [0.1, 0.15) is 6.42 Å². The number of hydrazone groups is 1. The Morgan fingerprint density at radius 1 is 1.00 bits per heavy atom. The van der Waals surface area contributed by atoms with Crippen LogP contribution in [0.2, 0.25) is 0 Å². The van der Waals surface area contributed by atoms with Crippen molar-refractivity contribution in [2.45, 2.75) is 6.42 Å². The molecule has 2 N–H and O–H groups in total. The predicted molar refractivity (Wildman–Crippen MR) is 89.6 cm³/mol. The van der Waals surface area contributed by atoms with Crippen LogP contribution < -0.4 is 10.7 Å². The Hall–Kier alpha value is -2.47. The van der Waals surface area contributed by atoms with Gasteiger partial charge < -0.3 is 5.32 Å². The van der Waals surface area contributed by atoms with E-state index in [1.54, 1.807) is 18.2 Å². The summed E-state index contributed by atoms with van der Waals surface area (Å²) < 4.78 is 0.755. The van der Waals surface area contributed by atoms with Crippen molar-refractivity contribution in [3.8, 4) is 0 Å². The van der Waals surface area contributed by atoms with E-state index in [0.717, 1.165) is 10.0 Å². The largest absolute Gasteiger partial charge is 0.325 e. The van der Waals surface area contributed by atoms with Gasteiger partial charge in [0.2, 0.25) is 11.8 Å². The van der Waals surface area contributed by atoms with Crippen molar-refractivity contribution in [2.24, 2.45) is 5.10 Å². The van der Waals surface area contributed by atoms with E-state index in [-0.39, 0.29) is 6.42 Å². The summed E-state index contributed by atoms with van der Waals surface area (Å²) in [6.07, 6.45) is 1.22. The zero-order valence-corrected chi connectivity index (χ0v) is 13.2. The van der Waals surface area contributed by atoms with Crippen molar-refractivity contribution < 1.29 is 9.59 Å². The maximum absolute atomic E-state index is 11.8. The van der Waals surface area contributed by atoms with E-state index in [1.165, 1.54) is 6.21 Å². The first-order valence-electron chi connectivity index (χ1n) is 6.56. The Bertz CT molecular complexity index is 687. The number of para-hydroxylation sites is 1. The van der Waals surface area contributed by atoms with Crippen molar-refractivity contribution in [3.63, 3.8) is 0 Å². The van der Waals surface area contributed by atoms with E-state index in [9.17, 15) is 9.59 Å². The molecule has 5 nitrogen and oxygen atoms in total. The standard InChI is InChI=1S/C16H14BrN3O2/c17-13-8-4-5-9-14(13)19-15(21)10-16(22)20-18-11-12-6-2-1-3-7-12/h1-9,11H,10H2,(H,19,21)(H,20,22)/b18-11+. The molecular weight excluding hydrogens is 346 g/mol. The molecule has 0 radical (unpaired) electrons. The number of benzene rings is 2. The number of hydrogen-bond donors (Lipinski definition) is 2. The minimum Gasteiger partial charge on any atom is -0.325 e. The first-order chi connectivity index (χ1) is 10.6. The molecule has 0 aliphatic heterocycles. The van der Waals surface area contributed by atoms with Gasteiger partial charge in [-0.15, -0.1) is 0 Å². The fraction of sp³-hybridized carbons (Fsp3) is 0.0625. The summed E-state index contributed by atoms with van der Waals surface area (Å²) in [4.78, 5) is 23.4. The van der Waals surface area contributed by atoms with Gasteiger partial charge in [0.05, 0.1) is 11.9 Å². The van der Waals surface area contributed by atoms with Crippen LogP contribution in [0.25, 0.3) is 0 Å².